The SMILES string of the molecule is Nc1cc([N+](=O)[O-])ccc1Oc1cc(F)ccc1Br. The molecule has 0 unspecified atom stereocenters. The zero-order valence-electron chi connectivity index (χ0n) is 9.47. The molecule has 0 saturated carbocycles. The zero-order chi connectivity index (χ0) is 14.0. The van der Waals surface area contributed by atoms with E-state index in [1.54, 1.807) is 0 Å². The smallest absolute Gasteiger partial charge is 0.271 e. The molecule has 0 radical (unpaired) electrons. The summed E-state index contributed by atoms with van der Waals surface area (Å²) in [5.74, 6) is -0.00358. The van der Waals surface area contributed by atoms with Crippen LogP contribution in [-0.2, 0) is 0 Å². The Balaban J connectivity index is 2.33. The number of nitrogens with two attached hydrogens (primary N) is 1. The number of nitrogen functional groups attached to an aromatic ring is 1. The van der Waals surface area contributed by atoms with E-state index >= 15 is 0 Å². The third kappa shape index (κ3) is 3.00. The molecule has 0 fully saturated rings. The fourth-order valence-electron chi connectivity index (χ4n) is 1.42. The molecule has 0 aliphatic rings. The molecule has 98 valence electrons. The first-order chi connectivity index (χ1) is 8.97. The molecule has 2 rings (SSSR count). The first-order valence-corrected chi connectivity index (χ1v) is 5.93. The molecule has 0 aliphatic carbocycles. The van der Waals surface area contributed by atoms with Gasteiger partial charge in [0.2, 0.25) is 0 Å². The van der Waals surface area contributed by atoms with E-state index in [2.05, 4.69) is 15.9 Å². The van der Waals surface area contributed by atoms with Gasteiger partial charge in [-0.3, -0.25) is 10.1 Å². The van der Waals surface area contributed by atoms with Crippen LogP contribution in [-0.4, -0.2) is 4.92 Å². The number of halogens is 2. The summed E-state index contributed by atoms with van der Waals surface area (Å²) >= 11 is 3.21. The molecule has 5 nitrogen and oxygen atoms in total. The van der Waals surface area contributed by atoms with Crippen molar-refractivity contribution < 1.29 is 14.1 Å². The first-order valence-electron chi connectivity index (χ1n) is 5.14. The molecule has 2 N–H and O–H groups in total. The summed E-state index contributed by atoms with van der Waals surface area (Å²) in [6, 6.07) is 7.76. The predicted molar refractivity (Wildman–Crippen MR) is 71.7 cm³/mol. The van der Waals surface area contributed by atoms with Gasteiger partial charge in [0, 0.05) is 18.2 Å². The summed E-state index contributed by atoms with van der Waals surface area (Å²) in [6.07, 6.45) is 0. The number of non-ortho nitro benzene ring substituents is 1. The summed E-state index contributed by atoms with van der Waals surface area (Å²) in [5, 5.41) is 10.6. The Hall–Kier alpha value is -2.15. The number of benzene rings is 2. The van der Waals surface area contributed by atoms with Crippen LogP contribution >= 0.6 is 15.9 Å². The summed E-state index contributed by atoms with van der Waals surface area (Å²) in [6.45, 7) is 0. The van der Waals surface area contributed by atoms with Crippen LogP contribution in [0.1, 0.15) is 0 Å². The van der Waals surface area contributed by atoms with Gasteiger partial charge in [-0.15, -0.1) is 0 Å². The van der Waals surface area contributed by atoms with Crippen molar-refractivity contribution in [2.75, 3.05) is 5.73 Å². The van der Waals surface area contributed by atoms with Crippen molar-refractivity contribution in [2.24, 2.45) is 0 Å². The second-order valence-corrected chi connectivity index (χ2v) is 4.51. The van der Waals surface area contributed by atoms with E-state index in [-0.39, 0.29) is 22.9 Å². The number of nitrogens with zero attached hydrogens (tertiary/aromatic N) is 1. The maximum absolute atomic E-state index is 13.1. The minimum Gasteiger partial charge on any atom is -0.454 e. The zero-order valence-corrected chi connectivity index (χ0v) is 11.1. The number of nitro groups is 1. The average molecular weight is 327 g/mol. The lowest BCUT2D eigenvalue weighted by Crippen LogP contribution is -1.95. The van der Waals surface area contributed by atoms with Crippen molar-refractivity contribution in [1.29, 1.82) is 0 Å². The van der Waals surface area contributed by atoms with Crippen LogP contribution in [0.5, 0.6) is 11.5 Å². The molecule has 2 aromatic carbocycles. The Morgan fingerprint density at radius 2 is 1.95 bits per heavy atom. The lowest BCUT2D eigenvalue weighted by atomic mass is 10.2. The van der Waals surface area contributed by atoms with Gasteiger partial charge in [-0.25, -0.2) is 4.39 Å². The molecule has 0 aromatic heterocycles. The van der Waals surface area contributed by atoms with Crippen molar-refractivity contribution >= 4 is 27.3 Å². The van der Waals surface area contributed by atoms with Crippen molar-refractivity contribution in [3.63, 3.8) is 0 Å². The Labute approximate surface area is 116 Å². The summed E-state index contributed by atoms with van der Waals surface area (Å²) < 4.78 is 19.1. The standard InChI is InChI=1S/C12H8BrFN2O3/c13-9-3-1-7(14)5-12(9)19-11-4-2-8(16(17)18)6-10(11)15/h1-6H,15H2. The number of anilines is 1. The predicted octanol–water partition coefficient (Wildman–Crippen LogP) is 3.87. The molecule has 7 heteroatoms. The molecule has 19 heavy (non-hydrogen) atoms. The topological polar surface area (TPSA) is 78.4 Å². The van der Waals surface area contributed by atoms with Crippen molar-refractivity contribution in [1.82, 2.24) is 0 Å². The third-order valence-electron chi connectivity index (χ3n) is 2.32. The van der Waals surface area contributed by atoms with Crippen LogP contribution in [0.2, 0.25) is 0 Å². The Morgan fingerprint density at radius 1 is 1.21 bits per heavy atom. The second-order valence-electron chi connectivity index (χ2n) is 3.66. The molecule has 0 saturated heterocycles. The van der Waals surface area contributed by atoms with Gasteiger partial charge >= 0.3 is 0 Å². The molecular weight excluding hydrogens is 319 g/mol. The average Bonchev–Trinajstić information content (AvgIpc) is 2.36. The molecule has 0 bridgehead atoms. The minimum absolute atomic E-state index is 0.102. The van der Waals surface area contributed by atoms with E-state index in [9.17, 15) is 14.5 Å². The van der Waals surface area contributed by atoms with Gasteiger partial charge in [-0.2, -0.15) is 0 Å². The lowest BCUT2D eigenvalue weighted by Gasteiger charge is -2.09. The number of nitro benzene ring substituents is 1. The normalized spacial score (nSPS) is 10.2. The Bertz CT molecular complexity index is 649. The van der Waals surface area contributed by atoms with E-state index in [0.717, 1.165) is 0 Å². The molecule has 0 spiro atoms. The quantitative estimate of drug-likeness (QED) is 0.527. The van der Waals surface area contributed by atoms with E-state index in [4.69, 9.17) is 10.5 Å². The number of rotatable bonds is 3. The molecule has 0 aliphatic heterocycles. The van der Waals surface area contributed by atoms with Crippen molar-refractivity contribution in [3.05, 3.63) is 56.8 Å². The monoisotopic (exact) mass is 326 g/mol. The highest BCUT2D eigenvalue weighted by molar-refractivity contribution is 9.10. The van der Waals surface area contributed by atoms with Crippen molar-refractivity contribution in [2.45, 2.75) is 0 Å². The maximum atomic E-state index is 13.1. The largest absolute Gasteiger partial charge is 0.454 e. The van der Waals surface area contributed by atoms with Crippen LogP contribution in [0.15, 0.2) is 40.9 Å². The van der Waals surface area contributed by atoms with Gasteiger partial charge < -0.3 is 10.5 Å². The highest BCUT2D eigenvalue weighted by Gasteiger charge is 2.11. The summed E-state index contributed by atoms with van der Waals surface area (Å²) in [4.78, 5) is 10.0. The van der Waals surface area contributed by atoms with Crippen LogP contribution in [0.4, 0.5) is 15.8 Å². The van der Waals surface area contributed by atoms with Crippen LogP contribution in [0.25, 0.3) is 0 Å². The fraction of sp³-hybridized carbons (Fsp3) is 0. The highest BCUT2D eigenvalue weighted by Crippen LogP contribution is 2.34. The van der Waals surface area contributed by atoms with Gasteiger partial charge in [0.25, 0.3) is 5.69 Å². The van der Waals surface area contributed by atoms with E-state index < -0.39 is 10.7 Å². The van der Waals surface area contributed by atoms with Gasteiger partial charge in [-0.1, -0.05) is 0 Å². The maximum Gasteiger partial charge on any atom is 0.271 e. The van der Waals surface area contributed by atoms with Gasteiger partial charge in [0.1, 0.15) is 11.6 Å². The minimum atomic E-state index is -0.557. The summed E-state index contributed by atoms with van der Waals surface area (Å²) in [5.41, 5.74) is 5.62. The van der Waals surface area contributed by atoms with Gasteiger partial charge in [0.05, 0.1) is 15.1 Å². The lowest BCUT2D eigenvalue weighted by molar-refractivity contribution is -0.384. The van der Waals surface area contributed by atoms with E-state index in [1.807, 2.05) is 0 Å². The molecule has 0 amide bonds. The number of ether oxygens (including phenoxy) is 1. The fourth-order valence-corrected chi connectivity index (χ4v) is 1.74. The number of hydrogen-bond acceptors (Lipinski definition) is 4. The summed E-state index contributed by atoms with van der Waals surface area (Å²) in [7, 11) is 0. The highest BCUT2D eigenvalue weighted by atomic mass is 79.9. The van der Waals surface area contributed by atoms with Gasteiger partial charge in [0.15, 0.2) is 5.75 Å². The number of hydrogen-bond donors (Lipinski definition) is 1. The molecule has 2 aromatic rings. The second kappa shape index (κ2) is 5.23. The van der Waals surface area contributed by atoms with Crippen molar-refractivity contribution in [3.8, 4) is 11.5 Å². The Morgan fingerprint density at radius 3 is 2.58 bits per heavy atom. The van der Waals surface area contributed by atoms with Crippen LogP contribution in [0.3, 0.4) is 0 Å². The molecule has 0 atom stereocenters. The third-order valence-corrected chi connectivity index (χ3v) is 2.97. The van der Waals surface area contributed by atoms with E-state index in [1.165, 1.54) is 36.4 Å². The Kier molecular flexibility index (Phi) is 3.66. The first kappa shape index (κ1) is 13.3. The molecular formula is C12H8BrFN2O3. The molecule has 0 heterocycles. The van der Waals surface area contributed by atoms with E-state index in [0.29, 0.717) is 4.47 Å². The van der Waals surface area contributed by atoms with Crippen LogP contribution < -0.4 is 10.5 Å². The van der Waals surface area contributed by atoms with Crippen LogP contribution in [0, 0.1) is 15.9 Å². The van der Waals surface area contributed by atoms with Gasteiger partial charge in [-0.05, 0) is 34.1 Å².